The van der Waals surface area contributed by atoms with Crippen molar-refractivity contribution >= 4 is 44.0 Å². The van der Waals surface area contributed by atoms with Gasteiger partial charge in [0.1, 0.15) is 4.32 Å². The van der Waals surface area contributed by atoms with Crippen molar-refractivity contribution in [2.75, 3.05) is 27.2 Å². The summed E-state index contributed by atoms with van der Waals surface area (Å²) in [6.07, 6.45) is 0.976. The molecule has 1 aromatic carbocycles. The molecule has 0 bridgehead atoms. The zero-order valence-corrected chi connectivity index (χ0v) is 17.7. The van der Waals surface area contributed by atoms with E-state index in [1.54, 1.807) is 19.0 Å². The maximum atomic E-state index is 13.0. The predicted molar refractivity (Wildman–Crippen MR) is 107 cm³/mol. The second-order valence-electron chi connectivity index (χ2n) is 6.92. The maximum absolute atomic E-state index is 13.0. The molecule has 7 nitrogen and oxygen atoms in total. The summed E-state index contributed by atoms with van der Waals surface area (Å²) in [6.45, 7) is 4.90. The Morgan fingerprint density at radius 1 is 1.31 bits per heavy atom. The van der Waals surface area contributed by atoms with E-state index in [1.165, 1.54) is 16.4 Å². The number of rotatable bonds is 4. The Bertz CT molecular complexity index is 801. The molecule has 144 valence electrons. The molecule has 0 aliphatic carbocycles. The molecule has 0 unspecified atom stereocenters. The fourth-order valence-electron chi connectivity index (χ4n) is 3.02. The van der Waals surface area contributed by atoms with Gasteiger partial charge in [0, 0.05) is 33.3 Å². The summed E-state index contributed by atoms with van der Waals surface area (Å²) in [4.78, 5) is 12.8. The van der Waals surface area contributed by atoms with Crippen LogP contribution in [0.1, 0.15) is 20.3 Å². The molecule has 2 atom stereocenters. The number of benzene rings is 1. The number of sulfonamides is 1. The summed E-state index contributed by atoms with van der Waals surface area (Å²) in [7, 11) is -0.272. The summed E-state index contributed by atoms with van der Waals surface area (Å²) in [6, 6.07) is 4.02. The van der Waals surface area contributed by atoms with E-state index in [0.717, 1.165) is 24.2 Å². The molecule has 1 heterocycles. The van der Waals surface area contributed by atoms with Gasteiger partial charge in [-0.1, -0.05) is 37.8 Å². The number of hydrogen-bond donors (Lipinski definition) is 0. The molecule has 26 heavy (non-hydrogen) atoms. The van der Waals surface area contributed by atoms with Crippen LogP contribution in [0.4, 0.5) is 5.69 Å². The van der Waals surface area contributed by atoms with Gasteiger partial charge < -0.3 is 4.90 Å². The number of nitro groups is 1. The second-order valence-corrected chi connectivity index (χ2v) is 10.5. The van der Waals surface area contributed by atoms with E-state index in [2.05, 4.69) is 0 Å². The van der Waals surface area contributed by atoms with Crippen molar-refractivity contribution in [1.29, 1.82) is 0 Å². The highest BCUT2D eigenvalue weighted by Gasteiger charge is 2.33. The standard InChI is InChI=1S/C16H23N3O4S3/c1-11-7-12(2)10-18(9-11)26(22,23)13-5-6-15(14(8-13)19(20)21)25-16(24)17(3)4/h5-6,8,11-12H,7,9-10H2,1-4H3/t11-,12+. The molecule has 0 spiro atoms. The summed E-state index contributed by atoms with van der Waals surface area (Å²) in [5.41, 5.74) is -0.251. The molecule has 2 rings (SSSR count). The number of thioether (sulfide) groups is 1. The molecule has 1 aromatic rings. The van der Waals surface area contributed by atoms with Gasteiger partial charge in [-0.05, 0) is 30.4 Å². The van der Waals surface area contributed by atoms with Crippen LogP contribution >= 0.6 is 24.0 Å². The Balaban J connectivity index is 2.39. The van der Waals surface area contributed by atoms with Crippen LogP contribution in [-0.2, 0) is 10.0 Å². The Morgan fingerprint density at radius 2 is 1.88 bits per heavy atom. The zero-order chi connectivity index (χ0) is 19.6. The highest BCUT2D eigenvalue weighted by atomic mass is 32.2. The van der Waals surface area contributed by atoms with Crippen molar-refractivity contribution in [3.05, 3.63) is 28.3 Å². The Morgan fingerprint density at radius 3 is 2.38 bits per heavy atom. The minimum absolute atomic E-state index is 0.0504. The number of nitrogens with zero attached hydrogens (tertiary/aromatic N) is 3. The largest absolute Gasteiger partial charge is 0.363 e. The van der Waals surface area contributed by atoms with Crippen molar-refractivity contribution in [3.8, 4) is 0 Å². The number of piperidine rings is 1. The molecule has 1 saturated heterocycles. The Kier molecular flexibility index (Phi) is 6.65. The van der Waals surface area contributed by atoms with Gasteiger partial charge in [0.15, 0.2) is 0 Å². The van der Waals surface area contributed by atoms with Gasteiger partial charge in [0.05, 0.1) is 14.7 Å². The first-order valence-electron chi connectivity index (χ1n) is 8.20. The third-order valence-corrected chi connectivity index (χ3v) is 7.71. The molecule has 1 fully saturated rings. The van der Waals surface area contributed by atoms with Crippen molar-refractivity contribution in [2.45, 2.75) is 30.1 Å². The molecular formula is C16H23N3O4S3. The minimum Gasteiger partial charge on any atom is -0.363 e. The van der Waals surface area contributed by atoms with Crippen LogP contribution in [0.2, 0.25) is 0 Å². The van der Waals surface area contributed by atoms with Gasteiger partial charge in [-0.2, -0.15) is 4.31 Å². The quantitative estimate of drug-likeness (QED) is 0.322. The second kappa shape index (κ2) is 8.20. The molecule has 0 saturated carbocycles. The van der Waals surface area contributed by atoms with Crippen LogP contribution in [0.3, 0.4) is 0 Å². The normalized spacial score (nSPS) is 21.4. The maximum Gasteiger partial charge on any atom is 0.284 e. The summed E-state index contributed by atoms with van der Waals surface area (Å²) in [5.74, 6) is 0.520. The SMILES string of the molecule is C[C@@H]1C[C@H](C)CN(S(=O)(=O)c2ccc(SC(=S)N(C)C)c([N+](=O)[O-])c2)C1. The molecule has 10 heteroatoms. The first-order valence-corrected chi connectivity index (χ1v) is 10.9. The van der Waals surface area contributed by atoms with E-state index in [1.807, 2.05) is 13.8 Å². The van der Waals surface area contributed by atoms with Crippen LogP contribution in [0.15, 0.2) is 28.0 Å². The lowest BCUT2D eigenvalue weighted by molar-refractivity contribution is -0.387. The van der Waals surface area contributed by atoms with Gasteiger partial charge in [-0.15, -0.1) is 0 Å². The average Bonchev–Trinajstić information content (AvgIpc) is 2.53. The molecule has 0 aromatic heterocycles. The predicted octanol–water partition coefficient (Wildman–Crippen LogP) is 3.20. The monoisotopic (exact) mass is 417 g/mol. The minimum atomic E-state index is -3.77. The fourth-order valence-corrected chi connectivity index (χ4v) is 5.74. The molecular weight excluding hydrogens is 394 g/mol. The first kappa shape index (κ1) is 21.1. The van der Waals surface area contributed by atoms with Crippen LogP contribution in [-0.4, -0.2) is 54.1 Å². The van der Waals surface area contributed by atoms with Crippen LogP contribution in [0.5, 0.6) is 0 Å². The lowest BCUT2D eigenvalue weighted by Gasteiger charge is -2.34. The third kappa shape index (κ3) is 4.73. The van der Waals surface area contributed by atoms with Crippen LogP contribution < -0.4 is 0 Å². The van der Waals surface area contributed by atoms with Gasteiger partial charge in [0.25, 0.3) is 5.69 Å². The van der Waals surface area contributed by atoms with E-state index >= 15 is 0 Å². The van der Waals surface area contributed by atoms with Gasteiger partial charge in [-0.3, -0.25) is 10.1 Å². The highest BCUT2D eigenvalue weighted by Crippen LogP contribution is 2.34. The van der Waals surface area contributed by atoms with Gasteiger partial charge in [-0.25, -0.2) is 8.42 Å². The topological polar surface area (TPSA) is 83.8 Å². The molecule has 0 amide bonds. The number of nitro benzene ring substituents is 1. The van der Waals surface area contributed by atoms with E-state index < -0.39 is 14.9 Å². The molecule has 0 radical (unpaired) electrons. The molecule has 1 aliphatic rings. The smallest absolute Gasteiger partial charge is 0.284 e. The summed E-state index contributed by atoms with van der Waals surface area (Å²) in [5, 5.41) is 11.5. The average molecular weight is 418 g/mol. The number of hydrogen-bond acceptors (Lipinski definition) is 6. The van der Waals surface area contributed by atoms with E-state index in [4.69, 9.17) is 12.2 Å². The Labute approximate surface area is 163 Å². The first-order chi connectivity index (χ1) is 12.0. The van der Waals surface area contributed by atoms with E-state index in [-0.39, 0.29) is 22.4 Å². The Hall–Kier alpha value is -1.23. The van der Waals surface area contributed by atoms with Crippen molar-refractivity contribution in [2.24, 2.45) is 11.8 Å². The number of thiocarbonyl (C=S) groups is 1. The third-order valence-electron chi connectivity index (χ3n) is 4.16. The molecule has 1 aliphatic heterocycles. The van der Waals surface area contributed by atoms with Crippen LogP contribution in [0, 0.1) is 22.0 Å². The molecule has 0 N–H and O–H groups in total. The highest BCUT2D eigenvalue weighted by molar-refractivity contribution is 8.23. The van der Waals surface area contributed by atoms with Gasteiger partial charge in [0.2, 0.25) is 10.0 Å². The zero-order valence-electron chi connectivity index (χ0n) is 15.2. The fraction of sp³-hybridized carbons (Fsp3) is 0.562. The van der Waals surface area contributed by atoms with Crippen molar-refractivity contribution in [1.82, 2.24) is 9.21 Å². The summed E-state index contributed by atoms with van der Waals surface area (Å²) >= 11 is 6.25. The van der Waals surface area contributed by atoms with Crippen molar-refractivity contribution in [3.63, 3.8) is 0 Å². The lowest BCUT2D eigenvalue weighted by Crippen LogP contribution is -2.42. The van der Waals surface area contributed by atoms with Gasteiger partial charge >= 0.3 is 0 Å². The van der Waals surface area contributed by atoms with Crippen molar-refractivity contribution < 1.29 is 13.3 Å². The lowest BCUT2D eigenvalue weighted by atomic mass is 9.94. The summed E-state index contributed by atoms with van der Waals surface area (Å²) < 4.78 is 27.8. The van der Waals surface area contributed by atoms with E-state index in [0.29, 0.717) is 22.3 Å². The van der Waals surface area contributed by atoms with E-state index in [9.17, 15) is 18.5 Å². The van der Waals surface area contributed by atoms with Crippen LogP contribution in [0.25, 0.3) is 0 Å².